The summed E-state index contributed by atoms with van der Waals surface area (Å²) < 4.78 is 4.03. The zero-order valence-corrected chi connectivity index (χ0v) is 9.55. The zero-order chi connectivity index (χ0) is 11.5. The van der Waals surface area contributed by atoms with Crippen LogP contribution in [0.2, 0.25) is 0 Å². The van der Waals surface area contributed by atoms with Crippen molar-refractivity contribution in [2.24, 2.45) is 7.05 Å². The molecule has 0 saturated heterocycles. The Balaban J connectivity index is 2.00. The van der Waals surface area contributed by atoms with Crippen LogP contribution in [0.3, 0.4) is 0 Å². The highest BCUT2D eigenvalue weighted by Gasteiger charge is 2.03. The van der Waals surface area contributed by atoms with E-state index in [0.717, 1.165) is 24.4 Å². The Morgan fingerprint density at radius 3 is 2.81 bits per heavy atom. The second-order valence-corrected chi connectivity index (χ2v) is 3.90. The van der Waals surface area contributed by atoms with Crippen molar-refractivity contribution < 1.29 is 4.79 Å². The summed E-state index contributed by atoms with van der Waals surface area (Å²) in [5.41, 5.74) is 0.764. The third-order valence-electron chi connectivity index (χ3n) is 2.67. The minimum atomic E-state index is 0.107. The third-order valence-corrected chi connectivity index (χ3v) is 2.67. The number of carbonyl (C=O) groups is 1. The molecule has 0 aliphatic heterocycles. The molecule has 84 valence electrons. The average molecular weight is 217 g/mol. The van der Waals surface area contributed by atoms with E-state index in [-0.39, 0.29) is 5.78 Å². The van der Waals surface area contributed by atoms with E-state index in [2.05, 4.69) is 4.98 Å². The molecule has 0 aliphatic rings. The molecule has 0 saturated carbocycles. The van der Waals surface area contributed by atoms with Crippen LogP contribution < -0.4 is 0 Å². The maximum atomic E-state index is 11.1. The maximum absolute atomic E-state index is 11.1. The Morgan fingerprint density at radius 2 is 2.25 bits per heavy atom. The van der Waals surface area contributed by atoms with Gasteiger partial charge < -0.3 is 9.13 Å². The van der Waals surface area contributed by atoms with Gasteiger partial charge in [0.05, 0.1) is 0 Å². The lowest BCUT2D eigenvalue weighted by molar-refractivity contribution is 0.101. The summed E-state index contributed by atoms with van der Waals surface area (Å²) in [6.45, 7) is 2.43. The molecule has 0 fully saturated rings. The van der Waals surface area contributed by atoms with Gasteiger partial charge in [-0.1, -0.05) is 0 Å². The number of carbonyl (C=O) groups excluding carboxylic acids is 1. The molecular weight excluding hydrogens is 202 g/mol. The first kappa shape index (κ1) is 10.7. The Hall–Kier alpha value is -1.84. The van der Waals surface area contributed by atoms with Crippen LogP contribution in [-0.2, 0) is 20.0 Å². The standard InChI is InChI=1S/C12H15N3O/c1-10(16)11-3-6-15(9-11)7-4-12-13-5-8-14(12)2/h3,5-6,8-9H,4,7H2,1-2H3. The fraction of sp³-hybridized carbons (Fsp3) is 0.333. The highest BCUT2D eigenvalue weighted by Crippen LogP contribution is 2.04. The van der Waals surface area contributed by atoms with E-state index in [4.69, 9.17) is 0 Å². The predicted molar refractivity (Wildman–Crippen MR) is 61.3 cm³/mol. The summed E-state index contributed by atoms with van der Waals surface area (Å²) in [6.07, 6.45) is 8.42. The van der Waals surface area contributed by atoms with Gasteiger partial charge in [-0.3, -0.25) is 4.79 Å². The summed E-state index contributed by atoms with van der Waals surface area (Å²) in [4.78, 5) is 15.4. The second-order valence-electron chi connectivity index (χ2n) is 3.90. The molecule has 0 atom stereocenters. The van der Waals surface area contributed by atoms with Crippen LogP contribution in [0.15, 0.2) is 30.9 Å². The van der Waals surface area contributed by atoms with Gasteiger partial charge in [-0.2, -0.15) is 0 Å². The smallest absolute Gasteiger partial charge is 0.161 e. The number of hydrogen-bond acceptors (Lipinski definition) is 2. The third kappa shape index (κ3) is 2.21. The normalized spacial score (nSPS) is 10.6. The number of ketones is 1. The summed E-state index contributed by atoms with van der Waals surface area (Å²) in [7, 11) is 1.99. The summed E-state index contributed by atoms with van der Waals surface area (Å²) in [5, 5.41) is 0. The van der Waals surface area contributed by atoms with Crippen molar-refractivity contribution in [3.63, 3.8) is 0 Å². The van der Waals surface area contributed by atoms with Crippen molar-refractivity contribution in [2.75, 3.05) is 0 Å². The van der Waals surface area contributed by atoms with Gasteiger partial charge in [-0.05, 0) is 13.0 Å². The van der Waals surface area contributed by atoms with Gasteiger partial charge in [-0.15, -0.1) is 0 Å². The molecule has 0 amide bonds. The first-order valence-electron chi connectivity index (χ1n) is 5.30. The quantitative estimate of drug-likeness (QED) is 0.731. The van der Waals surface area contributed by atoms with Crippen molar-refractivity contribution in [3.8, 4) is 0 Å². The van der Waals surface area contributed by atoms with Gasteiger partial charge in [0.15, 0.2) is 5.78 Å². The highest BCUT2D eigenvalue weighted by atomic mass is 16.1. The first-order valence-corrected chi connectivity index (χ1v) is 5.30. The molecule has 0 radical (unpaired) electrons. The van der Waals surface area contributed by atoms with Crippen LogP contribution >= 0.6 is 0 Å². The molecule has 0 bridgehead atoms. The molecule has 4 heteroatoms. The van der Waals surface area contributed by atoms with Crippen LogP contribution in [0, 0.1) is 0 Å². The summed E-state index contributed by atoms with van der Waals surface area (Å²) in [6, 6.07) is 1.85. The van der Waals surface area contributed by atoms with Crippen molar-refractivity contribution in [2.45, 2.75) is 19.9 Å². The SMILES string of the molecule is CC(=O)c1ccn(CCc2nccn2C)c1. The van der Waals surface area contributed by atoms with E-state index in [1.807, 2.05) is 40.8 Å². The van der Waals surface area contributed by atoms with E-state index >= 15 is 0 Å². The van der Waals surface area contributed by atoms with Crippen LogP contribution in [0.25, 0.3) is 0 Å². The molecule has 0 spiro atoms. The van der Waals surface area contributed by atoms with E-state index in [1.165, 1.54) is 0 Å². The van der Waals surface area contributed by atoms with Crippen molar-refractivity contribution >= 4 is 5.78 Å². The lowest BCUT2D eigenvalue weighted by Gasteiger charge is -2.03. The molecule has 0 unspecified atom stereocenters. The minimum absolute atomic E-state index is 0.107. The zero-order valence-electron chi connectivity index (χ0n) is 9.55. The number of nitrogens with zero attached hydrogens (tertiary/aromatic N) is 3. The molecule has 0 aromatic carbocycles. The van der Waals surface area contributed by atoms with E-state index in [9.17, 15) is 4.79 Å². The number of hydrogen-bond donors (Lipinski definition) is 0. The molecule has 2 aromatic heterocycles. The average Bonchev–Trinajstić information content (AvgIpc) is 2.83. The van der Waals surface area contributed by atoms with Crippen molar-refractivity contribution in [3.05, 3.63) is 42.2 Å². The fourth-order valence-electron chi connectivity index (χ4n) is 1.65. The largest absolute Gasteiger partial charge is 0.353 e. The monoisotopic (exact) mass is 217 g/mol. The lowest BCUT2D eigenvalue weighted by Crippen LogP contribution is -2.04. The number of Topliss-reactive ketones (excluding diaryl/α,β-unsaturated/α-hetero) is 1. The molecule has 0 aliphatic carbocycles. The molecular formula is C12H15N3O. The van der Waals surface area contributed by atoms with Crippen molar-refractivity contribution in [1.82, 2.24) is 14.1 Å². The fourth-order valence-corrected chi connectivity index (χ4v) is 1.65. The number of aryl methyl sites for hydroxylation is 3. The van der Waals surface area contributed by atoms with Gasteiger partial charge in [0.2, 0.25) is 0 Å². The van der Waals surface area contributed by atoms with Crippen LogP contribution in [0.4, 0.5) is 0 Å². The second kappa shape index (κ2) is 4.35. The predicted octanol–water partition coefficient (Wildman–Crippen LogP) is 1.67. The summed E-state index contributed by atoms with van der Waals surface area (Å²) in [5.74, 6) is 1.16. The van der Waals surface area contributed by atoms with Crippen LogP contribution in [0.1, 0.15) is 23.1 Å². The van der Waals surface area contributed by atoms with Gasteiger partial charge in [-0.25, -0.2) is 4.98 Å². The van der Waals surface area contributed by atoms with Gasteiger partial charge in [0, 0.05) is 50.4 Å². The van der Waals surface area contributed by atoms with Gasteiger partial charge in [0.1, 0.15) is 5.82 Å². The Kier molecular flexibility index (Phi) is 2.90. The molecule has 0 N–H and O–H groups in total. The molecule has 4 nitrogen and oxygen atoms in total. The molecule has 2 aromatic rings. The Bertz CT molecular complexity index is 496. The Labute approximate surface area is 94.5 Å². The van der Waals surface area contributed by atoms with Crippen LogP contribution in [0.5, 0.6) is 0 Å². The summed E-state index contributed by atoms with van der Waals surface area (Å²) >= 11 is 0. The van der Waals surface area contributed by atoms with Gasteiger partial charge in [0.25, 0.3) is 0 Å². The number of aromatic nitrogens is 3. The van der Waals surface area contributed by atoms with Gasteiger partial charge >= 0.3 is 0 Å². The van der Waals surface area contributed by atoms with Crippen LogP contribution in [-0.4, -0.2) is 19.9 Å². The maximum Gasteiger partial charge on any atom is 0.161 e. The van der Waals surface area contributed by atoms with E-state index in [0.29, 0.717) is 0 Å². The Morgan fingerprint density at radius 1 is 1.44 bits per heavy atom. The van der Waals surface area contributed by atoms with E-state index < -0.39 is 0 Å². The molecule has 2 heterocycles. The minimum Gasteiger partial charge on any atom is -0.353 e. The van der Waals surface area contributed by atoms with Crippen molar-refractivity contribution in [1.29, 1.82) is 0 Å². The first-order chi connectivity index (χ1) is 7.66. The molecule has 16 heavy (non-hydrogen) atoms. The topological polar surface area (TPSA) is 39.8 Å². The van der Waals surface area contributed by atoms with E-state index in [1.54, 1.807) is 13.1 Å². The highest BCUT2D eigenvalue weighted by molar-refractivity contribution is 5.93. The number of rotatable bonds is 4. The number of imidazole rings is 1. The molecule has 2 rings (SSSR count). The lowest BCUT2D eigenvalue weighted by atomic mass is 10.2.